The first kappa shape index (κ1) is 15.7. The molecule has 0 aliphatic carbocycles. The Bertz CT molecular complexity index is 628. The molecule has 2 unspecified atom stereocenters. The lowest BCUT2D eigenvalue weighted by molar-refractivity contribution is -0.145. The van der Waals surface area contributed by atoms with Crippen LogP contribution in [0.1, 0.15) is 17.2 Å². The zero-order valence-corrected chi connectivity index (χ0v) is 11.8. The summed E-state index contributed by atoms with van der Waals surface area (Å²) in [5, 5.41) is 21.8. The van der Waals surface area contributed by atoms with Gasteiger partial charge in [-0.15, -0.1) is 0 Å². The fourth-order valence-electron chi connectivity index (χ4n) is 2.12. The van der Waals surface area contributed by atoms with Crippen LogP contribution in [0.25, 0.3) is 0 Å². The lowest BCUT2D eigenvalue weighted by Gasteiger charge is -2.20. The van der Waals surface area contributed by atoms with Gasteiger partial charge >= 0.3 is 5.97 Å². The van der Waals surface area contributed by atoms with E-state index in [0.717, 1.165) is 5.56 Å². The smallest absolute Gasteiger partial charge is 0.329 e. The number of hydrogen-bond donors (Lipinski definition) is 3. The highest BCUT2D eigenvalue weighted by molar-refractivity contribution is 5.85. The molecule has 1 amide bonds. The Balaban J connectivity index is 2.06. The minimum absolute atomic E-state index is 0.0616. The predicted molar refractivity (Wildman–Crippen MR) is 81.1 cm³/mol. The van der Waals surface area contributed by atoms with E-state index in [1.807, 2.05) is 6.07 Å². The van der Waals surface area contributed by atoms with Gasteiger partial charge in [-0.1, -0.05) is 60.7 Å². The maximum Gasteiger partial charge on any atom is 0.329 e. The van der Waals surface area contributed by atoms with E-state index in [-0.39, 0.29) is 6.42 Å². The van der Waals surface area contributed by atoms with Crippen molar-refractivity contribution in [2.45, 2.75) is 18.6 Å². The highest BCUT2D eigenvalue weighted by Gasteiger charge is 2.29. The van der Waals surface area contributed by atoms with Crippen LogP contribution in [0, 0.1) is 0 Å². The highest BCUT2D eigenvalue weighted by Crippen LogP contribution is 2.17. The van der Waals surface area contributed by atoms with Crippen LogP contribution >= 0.6 is 0 Å². The van der Waals surface area contributed by atoms with Crippen LogP contribution in [-0.4, -0.2) is 28.1 Å². The molecule has 0 spiro atoms. The zero-order chi connectivity index (χ0) is 15.9. The molecule has 0 aliphatic heterocycles. The van der Waals surface area contributed by atoms with Gasteiger partial charge in [0.05, 0.1) is 6.42 Å². The lowest BCUT2D eigenvalue weighted by atomic mass is 10.0. The topological polar surface area (TPSA) is 86.6 Å². The van der Waals surface area contributed by atoms with E-state index in [0.29, 0.717) is 5.56 Å². The van der Waals surface area contributed by atoms with Gasteiger partial charge in [0.1, 0.15) is 6.10 Å². The monoisotopic (exact) mass is 299 g/mol. The van der Waals surface area contributed by atoms with Crippen LogP contribution in [0.3, 0.4) is 0 Å². The number of benzene rings is 2. The van der Waals surface area contributed by atoms with Crippen LogP contribution < -0.4 is 5.32 Å². The Morgan fingerprint density at radius 3 is 2.05 bits per heavy atom. The third-order valence-corrected chi connectivity index (χ3v) is 3.25. The fraction of sp³-hybridized carbons (Fsp3) is 0.176. The van der Waals surface area contributed by atoms with E-state index < -0.39 is 24.0 Å². The quantitative estimate of drug-likeness (QED) is 0.755. The number of rotatable bonds is 6. The van der Waals surface area contributed by atoms with Crippen molar-refractivity contribution in [3.8, 4) is 0 Å². The number of carboxylic acid groups (broad SMARTS) is 1. The van der Waals surface area contributed by atoms with Gasteiger partial charge in [-0.2, -0.15) is 0 Å². The lowest BCUT2D eigenvalue weighted by Crippen LogP contribution is -2.45. The van der Waals surface area contributed by atoms with Crippen molar-refractivity contribution in [2.75, 3.05) is 0 Å². The molecular weight excluding hydrogens is 282 g/mol. The van der Waals surface area contributed by atoms with Crippen LogP contribution in [0.2, 0.25) is 0 Å². The van der Waals surface area contributed by atoms with E-state index >= 15 is 0 Å². The standard InChI is InChI=1S/C17H17NO4/c19-14(11-12-7-3-1-4-8-12)18-15(17(21)22)16(20)13-9-5-2-6-10-13/h1-10,15-16,20H,11H2,(H,18,19)(H,21,22). The second-order valence-corrected chi connectivity index (χ2v) is 4.90. The van der Waals surface area contributed by atoms with Crippen molar-refractivity contribution in [3.63, 3.8) is 0 Å². The number of nitrogens with one attached hydrogen (secondary N) is 1. The molecule has 0 aliphatic rings. The highest BCUT2D eigenvalue weighted by atomic mass is 16.4. The first-order chi connectivity index (χ1) is 10.6. The van der Waals surface area contributed by atoms with Gasteiger partial charge in [0.15, 0.2) is 6.04 Å². The van der Waals surface area contributed by atoms with Gasteiger partial charge in [-0.25, -0.2) is 4.79 Å². The van der Waals surface area contributed by atoms with Crippen molar-refractivity contribution in [3.05, 3.63) is 71.8 Å². The first-order valence-corrected chi connectivity index (χ1v) is 6.87. The molecule has 2 rings (SSSR count). The van der Waals surface area contributed by atoms with Gasteiger partial charge in [0.2, 0.25) is 5.91 Å². The van der Waals surface area contributed by atoms with E-state index in [1.54, 1.807) is 54.6 Å². The molecule has 0 aromatic heterocycles. The molecule has 2 aromatic rings. The molecule has 0 saturated carbocycles. The second-order valence-electron chi connectivity index (χ2n) is 4.90. The Labute approximate surface area is 128 Å². The van der Waals surface area contributed by atoms with Crippen LogP contribution in [0.5, 0.6) is 0 Å². The SMILES string of the molecule is O=C(Cc1ccccc1)NC(C(=O)O)C(O)c1ccccc1. The summed E-state index contributed by atoms with van der Waals surface area (Å²) in [5.74, 6) is -1.73. The van der Waals surface area contributed by atoms with Crippen molar-refractivity contribution >= 4 is 11.9 Å². The summed E-state index contributed by atoms with van der Waals surface area (Å²) < 4.78 is 0. The zero-order valence-electron chi connectivity index (χ0n) is 11.8. The second kappa shape index (κ2) is 7.38. The number of aliphatic hydroxyl groups excluding tert-OH is 1. The van der Waals surface area contributed by atoms with E-state index in [9.17, 15) is 19.8 Å². The molecule has 0 bridgehead atoms. The Morgan fingerprint density at radius 2 is 1.50 bits per heavy atom. The maximum absolute atomic E-state index is 12.0. The normalized spacial score (nSPS) is 13.1. The minimum atomic E-state index is -1.39. The van der Waals surface area contributed by atoms with Crippen LogP contribution in [0.4, 0.5) is 0 Å². The molecule has 2 atom stereocenters. The largest absolute Gasteiger partial charge is 0.480 e. The van der Waals surface area contributed by atoms with Gasteiger partial charge in [-0.3, -0.25) is 4.79 Å². The fourth-order valence-corrected chi connectivity index (χ4v) is 2.12. The molecule has 5 heteroatoms. The summed E-state index contributed by atoms with van der Waals surface area (Å²) in [6.45, 7) is 0. The summed E-state index contributed by atoms with van der Waals surface area (Å²) in [6.07, 6.45) is -1.25. The summed E-state index contributed by atoms with van der Waals surface area (Å²) in [6, 6.07) is 16.0. The van der Waals surface area contributed by atoms with E-state index in [4.69, 9.17) is 0 Å². The third-order valence-electron chi connectivity index (χ3n) is 3.25. The number of carbonyl (C=O) groups is 2. The number of hydrogen-bond acceptors (Lipinski definition) is 3. The number of amides is 1. The van der Waals surface area contributed by atoms with Gasteiger partial charge in [0, 0.05) is 0 Å². The summed E-state index contributed by atoms with van der Waals surface area (Å²) in [7, 11) is 0. The molecule has 0 saturated heterocycles. The summed E-state index contributed by atoms with van der Waals surface area (Å²) >= 11 is 0. The molecule has 22 heavy (non-hydrogen) atoms. The summed E-state index contributed by atoms with van der Waals surface area (Å²) in [4.78, 5) is 23.3. The molecular formula is C17H17NO4. The minimum Gasteiger partial charge on any atom is -0.480 e. The third kappa shape index (κ3) is 4.17. The Kier molecular flexibility index (Phi) is 5.27. The van der Waals surface area contributed by atoms with Crippen LogP contribution in [0.15, 0.2) is 60.7 Å². The van der Waals surface area contributed by atoms with Crippen molar-refractivity contribution < 1.29 is 19.8 Å². The predicted octanol–water partition coefficient (Wildman–Crippen LogP) is 1.53. The average Bonchev–Trinajstić information content (AvgIpc) is 2.53. The molecule has 0 heterocycles. The molecule has 5 nitrogen and oxygen atoms in total. The van der Waals surface area contributed by atoms with Crippen molar-refractivity contribution in [1.82, 2.24) is 5.32 Å². The number of carbonyl (C=O) groups excluding carboxylic acids is 1. The van der Waals surface area contributed by atoms with Crippen molar-refractivity contribution in [2.24, 2.45) is 0 Å². The molecule has 2 aromatic carbocycles. The van der Waals surface area contributed by atoms with Gasteiger partial charge < -0.3 is 15.5 Å². The molecule has 0 fully saturated rings. The van der Waals surface area contributed by atoms with Gasteiger partial charge in [-0.05, 0) is 11.1 Å². The first-order valence-electron chi connectivity index (χ1n) is 6.87. The molecule has 114 valence electrons. The Morgan fingerprint density at radius 1 is 0.955 bits per heavy atom. The molecule has 0 radical (unpaired) electrons. The average molecular weight is 299 g/mol. The van der Waals surface area contributed by atoms with Crippen molar-refractivity contribution in [1.29, 1.82) is 0 Å². The summed E-state index contributed by atoms with van der Waals surface area (Å²) in [5.41, 5.74) is 1.22. The van der Waals surface area contributed by atoms with Gasteiger partial charge in [0.25, 0.3) is 0 Å². The van der Waals surface area contributed by atoms with E-state index in [1.165, 1.54) is 0 Å². The van der Waals surface area contributed by atoms with Crippen LogP contribution in [-0.2, 0) is 16.0 Å². The molecule has 3 N–H and O–H groups in total. The number of aliphatic carboxylic acids is 1. The maximum atomic E-state index is 12.0. The number of carboxylic acids is 1. The Hall–Kier alpha value is -2.66. The number of aliphatic hydroxyl groups is 1. The van der Waals surface area contributed by atoms with E-state index in [2.05, 4.69) is 5.32 Å².